The van der Waals surface area contributed by atoms with Gasteiger partial charge in [-0.25, -0.2) is 5.43 Å². The Morgan fingerprint density at radius 1 is 1.14 bits per heavy atom. The molecule has 0 aliphatic heterocycles. The largest absolute Gasteiger partial charge is 0.272 e. The summed E-state index contributed by atoms with van der Waals surface area (Å²) in [6, 6.07) is 17.9. The van der Waals surface area contributed by atoms with Gasteiger partial charge in [0.1, 0.15) is 0 Å². The molecule has 3 nitrogen and oxygen atoms in total. The number of nitrogens with zero attached hydrogens (tertiary/aromatic N) is 1. The summed E-state index contributed by atoms with van der Waals surface area (Å²) in [6.45, 7) is 3.76. The summed E-state index contributed by atoms with van der Waals surface area (Å²) >= 11 is 3.78. The molecule has 2 aromatic rings. The lowest BCUT2D eigenvalue weighted by Gasteiger charge is -2.10. The van der Waals surface area contributed by atoms with Gasteiger partial charge in [-0.05, 0) is 66.3 Å². The number of hydrogen-bond acceptors (Lipinski definition) is 3. The summed E-state index contributed by atoms with van der Waals surface area (Å²) in [7, 11) is 0. The Hall–Kier alpha value is -1.34. The summed E-state index contributed by atoms with van der Waals surface area (Å²) in [5.74, 6) is -0.0984. The number of amides is 1. The molecule has 5 heteroatoms. The molecule has 0 heterocycles. The highest BCUT2D eigenvalue weighted by atomic mass is 127. The third-order valence-electron chi connectivity index (χ3n) is 3.02. The Morgan fingerprint density at radius 3 is 2.41 bits per heavy atom. The molecule has 0 bridgehead atoms. The van der Waals surface area contributed by atoms with Crippen LogP contribution >= 0.6 is 34.4 Å². The van der Waals surface area contributed by atoms with Gasteiger partial charge in [-0.3, -0.25) is 4.79 Å². The lowest BCUT2D eigenvalue weighted by atomic mass is 10.1. The number of benzene rings is 2. The van der Waals surface area contributed by atoms with Crippen molar-refractivity contribution >= 4 is 46.0 Å². The number of nitrogens with one attached hydrogen (secondary N) is 1. The van der Waals surface area contributed by atoms with E-state index in [-0.39, 0.29) is 11.2 Å². The molecule has 1 amide bonds. The molecule has 0 aromatic heterocycles. The van der Waals surface area contributed by atoms with E-state index in [1.807, 2.05) is 68.4 Å². The van der Waals surface area contributed by atoms with Crippen molar-refractivity contribution in [3.05, 3.63) is 63.7 Å². The third kappa shape index (κ3) is 5.14. The van der Waals surface area contributed by atoms with E-state index in [1.54, 1.807) is 0 Å². The normalized spacial score (nSPS) is 12.8. The first-order valence-electron chi connectivity index (χ1n) is 6.88. The fourth-order valence-corrected chi connectivity index (χ4v) is 2.98. The molecule has 0 radical (unpaired) electrons. The van der Waals surface area contributed by atoms with E-state index in [0.29, 0.717) is 0 Å². The van der Waals surface area contributed by atoms with Gasteiger partial charge in [-0.2, -0.15) is 5.10 Å². The molecule has 0 unspecified atom stereocenters. The third-order valence-corrected chi connectivity index (χ3v) is 4.85. The van der Waals surface area contributed by atoms with Gasteiger partial charge in [0.05, 0.1) is 11.0 Å². The van der Waals surface area contributed by atoms with Crippen LogP contribution in [0.5, 0.6) is 0 Å². The maximum absolute atomic E-state index is 12.1. The van der Waals surface area contributed by atoms with Crippen LogP contribution in [0.2, 0.25) is 0 Å². The minimum Gasteiger partial charge on any atom is -0.272 e. The fourth-order valence-electron chi connectivity index (χ4n) is 1.74. The Balaban J connectivity index is 1.93. The molecule has 0 saturated carbocycles. The Kier molecular flexibility index (Phi) is 6.45. The van der Waals surface area contributed by atoms with E-state index in [0.717, 1.165) is 16.2 Å². The molecule has 22 heavy (non-hydrogen) atoms. The van der Waals surface area contributed by atoms with Gasteiger partial charge in [0, 0.05) is 8.47 Å². The zero-order valence-corrected chi connectivity index (χ0v) is 15.4. The van der Waals surface area contributed by atoms with Crippen LogP contribution < -0.4 is 5.43 Å². The predicted molar refractivity (Wildman–Crippen MR) is 101 cm³/mol. The number of hydrazone groups is 1. The maximum atomic E-state index is 12.1. The van der Waals surface area contributed by atoms with Gasteiger partial charge in [0.25, 0.3) is 5.91 Å². The molecule has 0 fully saturated rings. The Labute approximate surface area is 148 Å². The average Bonchev–Trinajstić information content (AvgIpc) is 2.53. The topological polar surface area (TPSA) is 41.5 Å². The van der Waals surface area contributed by atoms with Crippen LogP contribution in [0, 0.1) is 3.57 Å². The van der Waals surface area contributed by atoms with Gasteiger partial charge in [-0.15, -0.1) is 11.8 Å². The molecule has 0 saturated heterocycles. The van der Waals surface area contributed by atoms with Crippen molar-refractivity contribution < 1.29 is 4.79 Å². The highest BCUT2D eigenvalue weighted by Gasteiger charge is 2.13. The lowest BCUT2D eigenvalue weighted by molar-refractivity contribution is -0.120. The van der Waals surface area contributed by atoms with Crippen LogP contribution in [0.4, 0.5) is 0 Å². The van der Waals surface area contributed by atoms with E-state index in [9.17, 15) is 4.79 Å². The first-order chi connectivity index (χ1) is 10.6. The second-order valence-corrected chi connectivity index (χ2v) is 7.41. The van der Waals surface area contributed by atoms with E-state index >= 15 is 0 Å². The summed E-state index contributed by atoms with van der Waals surface area (Å²) in [6.07, 6.45) is 0. The summed E-state index contributed by atoms with van der Waals surface area (Å²) in [4.78, 5) is 13.2. The van der Waals surface area contributed by atoms with E-state index in [2.05, 4.69) is 33.1 Å². The van der Waals surface area contributed by atoms with Crippen LogP contribution in [0.25, 0.3) is 0 Å². The van der Waals surface area contributed by atoms with Crippen LogP contribution in [-0.4, -0.2) is 16.9 Å². The van der Waals surface area contributed by atoms with Crippen molar-refractivity contribution in [2.24, 2.45) is 5.10 Å². The van der Waals surface area contributed by atoms with E-state index < -0.39 is 0 Å². The monoisotopic (exact) mass is 424 g/mol. The Bertz CT molecular complexity index is 656. The minimum atomic E-state index is -0.198. The molecule has 0 spiro atoms. The molecular formula is C17H17IN2OS. The molecule has 2 rings (SSSR count). The average molecular weight is 424 g/mol. The predicted octanol–water partition coefficient (Wildman–Crippen LogP) is 4.31. The van der Waals surface area contributed by atoms with Crippen LogP contribution in [0.1, 0.15) is 19.4 Å². The molecule has 2 aromatic carbocycles. The van der Waals surface area contributed by atoms with Crippen molar-refractivity contribution in [2.45, 2.75) is 24.0 Å². The van der Waals surface area contributed by atoms with Gasteiger partial charge < -0.3 is 0 Å². The fraction of sp³-hybridized carbons (Fsp3) is 0.176. The number of carbonyl (C=O) groups is 1. The number of hydrogen-bond donors (Lipinski definition) is 1. The molecule has 0 aliphatic carbocycles. The number of rotatable bonds is 5. The number of carbonyl (C=O) groups excluding carboxylic acids is 1. The smallest absolute Gasteiger partial charge is 0.253 e. The molecule has 1 N–H and O–H groups in total. The molecule has 114 valence electrons. The summed E-state index contributed by atoms with van der Waals surface area (Å²) in [5.41, 5.74) is 4.44. The summed E-state index contributed by atoms with van der Waals surface area (Å²) < 4.78 is 1.17. The van der Waals surface area contributed by atoms with Crippen molar-refractivity contribution in [1.82, 2.24) is 5.43 Å². The van der Waals surface area contributed by atoms with Gasteiger partial charge >= 0.3 is 0 Å². The second-order valence-electron chi connectivity index (χ2n) is 4.75. The van der Waals surface area contributed by atoms with Gasteiger partial charge in [0.2, 0.25) is 0 Å². The van der Waals surface area contributed by atoms with Crippen molar-refractivity contribution in [3.8, 4) is 0 Å². The van der Waals surface area contributed by atoms with Crippen LogP contribution in [-0.2, 0) is 4.79 Å². The molecule has 1 atom stereocenters. The van der Waals surface area contributed by atoms with Crippen molar-refractivity contribution in [1.29, 1.82) is 0 Å². The lowest BCUT2D eigenvalue weighted by Crippen LogP contribution is -2.27. The zero-order chi connectivity index (χ0) is 15.9. The second kappa shape index (κ2) is 8.33. The zero-order valence-electron chi connectivity index (χ0n) is 12.4. The van der Waals surface area contributed by atoms with Crippen molar-refractivity contribution in [2.75, 3.05) is 0 Å². The standard InChI is InChI=1S/C17H17IN2OS/c1-12(14-8-10-15(18)11-9-14)19-20-17(21)13(2)22-16-6-4-3-5-7-16/h3-11,13H,1-2H3,(H,20,21)/b19-12-/t13-/m0/s1. The molecule has 0 aliphatic rings. The number of thioether (sulfide) groups is 1. The van der Waals surface area contributed by atoms with E-state index in [4.69, 9.17) is 0 Å². The Morgan fingerprint density at radius 2 is 1.77 bits per heavy atom. The highest BCUT2D eigenvalue weighted by Crippen LogP contribution is 2.22. The first kappa shape index (κ1) is 17.0. The van der Waals surface area contributed by atoms with Crippen LogP contribution in [0.15, 0.2) is 64.6 Å². The first-order valence-corrected chi connectivity index (χ1v) is 8.84. The van der Waals surface area contributed by atoms with Gasteiger partial charge in [-0.1, -0.05) is 30.3 Å². The maximum Gasteiger partial charge on any atom is 0.253 e. The minimum absolute atomic E-state index is 0.0984. The number of halogens is 1. The quantitative estimate of drug-likeness (QED) is 0.336. The SMILES string of the molecule is C/C(=N/NC(=O)[C@H](C)Sc1ccccc1)c1ccc(I)cc1. The molecular weight excluding hydrogens is 407 g/mol. The van der Waals surface area contributed by atoms with E-state index in [1.165, 1.54) is 15.3 Å². The highest BCUT2D eigenvalue weighted by molar-refractivity contribution is 14.1. The van der Waals surface area contributed by atoms with Crippen LogP contribution in [0.3, 0.4) is 0 Å². The van der Waals surface area contributed by atoms with Crippen molar-refractivity contribution in [3.63, 3.8) is 0 Å². The summed E-state index contributed by atoms with van der Waals surface area (Å²) in [5, 5.41) is 3.99. The van der Waals surface area contributed by atoms with Gasteiger partial charge in [0.15, 0.2) is 0 Å².